The first-order valence-electron chi connectivity index (χ1n) is 9.30. The molecule has 2 rings (SSSR count). The fourth-order valence-electron chi connectivity index (χ4n) is 2.81. The molecule has 2 amide bonds. The summed E-state index contributed by atoms with van der Waals surface area (Å²) in [5.41, 5.74) is 3.21. The molecule has 4 N–H and O–H groups in total. The number of amides is 2. The van der Waals surface area contributed by atoms with Crippen molar-refractivity contribution in [2.45, 2.75) is 25.9 Å². The highest BCUT2D eigenvalue weighted by Crippen LogP contribution is 2.31. The topological polar surface area (TPSA) is 132 Å². The van der Waals surface area contributed by atoms with Gasteiger partial charge in [-0.25, -0.2) is 10.3 Å². The number of nitriles is 1. The van der Waals surface area contributed by atoms with Crippen molar-refractivity contribution in [3.63, 3.8) is 0 Å². The van der Waals surface area contributed by atoms with E-state index in [-0.39, 0.29) is 11.7 Å². The van der Waals surface area contributed by atoms with Gasteiger partial charge in [-0.05, 0) is 60.7 Å². The predicted octanol–water partition coefficient (Wildman–Crippen LogP) is 4.03. The molecule has 0 heterocycles. The van der Waals surface area contributed by atoms with Crippen LogP contribution >= 0.6 is 0 Å². The third kappa shape index (κ3) is 6.96. The number of nitrogens with zero attached hydrogens (tertiary/aromatic N) is 1. The molecule has 0 bridgehead atoms. The molecule has 2 aromatic rings. The summed E-state index contributed by atoms with van der Waals surface area (Å²) in [5, 5.41) is 29.5. The number of phenolic OH excluding ortho intramolecular Hbond substituents is 1. The molecule has 8 heteroatoms. The maximum absolute atomic E-state index is 12.4. The zero-order valence-corrected chi connectivity index (χ0v) is 16.4. The lowest BCUT2D eigenvalue weighted by Gasteiger charge is -2.24. The smallest absolute Gasteiger partial charge is 0.412 e. The van der Waals surface area contributed by atoms with Crippen molar-refractivity contribution < 1.29 is 24.6 Å². The molecule has 0 saturated carbocycles. The van der Waals surface area contributed by atoms with Crippen LogP contribution in [0.4, 0.5) is 10.5 Å². The van der Waals surface area contributed by atoms with Gasteiger partial charge < -0.3 is 9.84 Å². The fourth-order valence-corrected chi connectivity index (χ4v) is 2.81. The molecule has 8 nitrogen and oxygen atoms in total. The molecular weight excluding hydrogens is 386 g/mol. The Kier molecular flexibility index (Phi) is 8.41. The Morgan fingerprint density at radius 1 is 1.17 bits per heavy atom. The van der Waals surface area contributed by atoms with E-state index in [1.54, 1.807) is 42.5 Å². The van der Waals surface area contributed by atoms with E-state index in [9.17, 15) is 14.7 Å². The highest BCUT2D eigenvalue weighted by molar-refractivity contribution is 5.86. The van der Waals surface area contributed by atoms with E-state index in [1.165, 1.54) is 23.7 Å². The normalized spacial score (nSPS) is 12.6. The summed E-state index contributed by atoms with van der Waals surface area (Å²) in [6, 6.07) is 14.8. The highest BCUT2D eigenvalue weighted by atomic mass is 16.6. The third-order valence-corrected chi connectivity index (χ3v) is 4.40. The number of nitrogens with one attached hydrogen (secondary N) is 2. The molecule has 0 fully saturated rings. The molecule has 0 aliphatic rings. The van der Waals surface area contributed by atoms with Gasteiger partial charge in [0.25, 0.3) is 5.91 Å². The van der Waals surface area contributed by atoms with Crippen LogP contribution in [0.5, 0.6) is 5.75 Å². The van der Waals surface area contributed by atoms with Crippen LogP contribution in [-0.2, 0) is 9.53 Å². The van der Waals surface area contributed by atoms with E-state index in [0.29, 0.717) is 29.7 Å². The molecule has 0 saturated heterocycles. The Labute approximate surface area is 174 Å². The number of ether oxygens (including phenoxy) is 1. The first kappa shape index (κ1) is 22.5. The summed E-state index contributed by atoms with van der Waals surface area (Å²) >= 11 is 0. The van der Waals surface area contributed by atoms with Crippen LogP contribution in [0.15, 0.2) is 60.7 Å². The van der Waals surface area contributed by atoms with E-state index < -0.39 is 18.1 Å². The zero-order chi connectivity index (χ0) is 21.9. The van der Waals surface area contributed by atoms with Crippen molar-refractivity contribution in [3.8, 4) is 11.8 Å². The molecular formula is C22H23N3O5. The number of anilines is 1. The fraction of sp³-hybridized carbons (Fsp3) is 0.227. The third-order valence-electron chi connectivity index (χ3n) is 4.40. The Morgan fingerprint density at radius 2 is 1.83 bits per heavy atom. The second-order valence-electron chi connectivity index (χ2n) is 6.66. The van der Waals surface area contributed by atoms with Crippen LogP contribution in [0.25, 0.3) is 0 Å². The molecule has 0 aliphatic carbocycles. The summed E-state index contributed by atoms with van der Waals surface area (Å²) < 4.78 is 5.66. The lowest BCUT2D eigenvalue weighted by Crippen LogP contribution is -2.22. The van der Waals surface area contributed by atoms with Gasteiger partial charge in [0, 0.05) is 11.8 Å². The number of benzene rings is 2. The second-order valence-corrected chi connectivity index (χ2v) is 6.66. The van der Waals surface area contributed by atoms with Gasteiger partial charge >= 0.3 is 6.09 Å². The number of hydrogen-bond acceptors (Lipinski definition) is 6. The SMILES string of the molecule is C[C@H](CC/C=C/C(=O)NO)[C@H](OC(=O)Nc1ccc(C#N)cc1)c1ccc(O)cc1. The molecule has 0 aromatic heterocycles. The van der Waals surface area contributed by atoms with E-state index in [4.69, 9.17) is 15.2 Å². The number of carbonyl (C=O) groups excluding carboxylic acids is 2. The van der Waals surface area contributed by atoms with Crippen molar-refractivity contribution in [1.82, 2.24) is 5.48 Å². The molecule has 2 aromatic carbocycles. The number of phenols is 1. The molecule has 0 radical (unpaired) electrons. The van der Waals surface area contributed by atoms with Gasteiger partial charge in [0.05, 0.1) is 11.6 Å². The minimum atomic E-state index is -0.653. The Hall–Kier alpha value is -3.83. The van der Waals surface area contributed by atoms with Gasteiger partial charge in [-0.1, -0.05) is 25.1 Å². The Morgan fingerprint density at radius 3 is 2.43 bits per heavy atom. The molecule has 0 spiro atoms. The lowest BCUT2D eigenvalue weighted by atomic mass is 9.93. The van der Waals surface area contributed by atoms with E-state index >= 15 is 0 Å². The number of hydroxylamine groups is 1. The van der Waals surface area contributed by atoms with Crippen LogP contribution in [0.3, 0.4) is 0 Å². The first-order chi connectivity index (χ1) is 14.4. The zero-order valence-electron chi connectivity index (χ0n) is 16.4. The van der Waals surface area contributed by atoms with E-state index in [0.717, 1.165) is 0 Å². The average Bonchev–Trinajstić information content (AvgIpc) is 2.76. The monoisotopic (exact) mass is 409 g/mol. The van der Waals surface area contributed by atoms with Crippen molar-refractivity contribution >= 4 is 17.7 Å². The maximum Gasteiger partial charge on any atom is 0.412 e. The van der Waals surface area contributed by atoms with Crippen LogP contribution in [0, 0.1) is 17.2 Å². The van der Waals surface area contributed by atoms with Gasteiger partial charge in [0.15, 0.2) is 0 Å². The lowest BCUT2D eigenvalue weighted by molar-refractivity contribution is -0.124. The number of hydrogen-bond donors (Lipinski definition) is 4. The number of carbonyl (C=O) groups is 2. The van der Waals surface area contributed by atoms with Gasteiger partial charge in [0.2, 0.25) is 0 Å². The second kappa shape index (κ2) is 11.2. The van der Waals surface area contributed by atoms with Gasteiger partial charge in [0.1, 0.15) is 11.9 Å². The average molecular weight is 409 g/mol. The number of aromatic hydroxyl groups is 1. The number of allylic oxidation sites excluding steroid dienone is 1. The van der Waals surface area contributed by atoms with Gasteiger partial charge in [-0.15, -0.1) is 0 Å². The summed E-state index contributed by atoms with van der Waals surface area (Å²) in [6.45, 7) is 1.91. The molecule has 156 valence electrons. The molecule has 0 aliphatic heterocycles. The van der Waals surface area contributed by atoms with Gasteiger partial charge in [-0.3, -0.25) is 15.3 Å². The minimum Gasteiger partial charge on any atom is -0.508 e. The maximum atomic E-state index is 12.4. The van der Waals surface area contributed by atoms with Gasteiger partial charge in [-0.2, -0.15) is 5.26 Å². The Bertz CT molecular complexity index is 917. The predicted molar refractivity (Wildman–Crippen MR) is 110 cm³/mol. The highest BCUT2D eigenvalue weighted by Gasteiger charge is 2.23. The van der Waals surface area contributed by atoms with Crippen LogP contribution in [0.2, 0.25) is 0 Å². The van der Waals surface area contributed by atoms with Crippen molar-refractivity contribution in [1.29, 1.82) is 5.26 Å². The summed E-state index contributed by atoms with van der Waals surface area (Å²) in [6.07, 6.45) is 2.73. The minimum absolute atomic E-state index is 0.102. The quantitative estimate of drug-likeness (QED) is 0.296. The number of rotatable bonds is 8. The van der Waals surface area contributed by atoms with Crippen molar-refractivity contribution in [2.75, 3.05) is 5.32 Å². The Balaban J connectivity index is 2.07. The molecule has 30 heavy (non-hydrogen) atoms. The van der Waals surface area contributed by atoms with Crippen molar-refractivity contribution in [3.05, 3.63) is 71.8 Å². The van der Waals surface area contributed by atoms with Crippen molar-refractivity contribution in [2.24, 2.45) is 5.92 Å². The summed E-state index contributed by atoms with van der Waals surface area (Å²) in [7, 11) is 0. The van der Waals surface area contributed by atoms with E-state index in [2.05, 4.69) is 5.32 Å². The summed E-state index contributed by atoms with van der Waals surface area (Å²) in [5.74, 6) is -0.621. The first-order valence-corrected chi connectivity index (χ1v) is 9.30. The largest absolute Gasteiger partial charge is 0.508 e. The standard InChI is InChI=1S/C22H23N3O5/c1-15(4-2-3-5-20(27)25-29)21(17-8-12-19(26)13-9-17)30-22(28)24-18-10-6-16(14-23)7-11-18/h3,5-13,15,21,26,29H,2,4H2,1H3,(H,24,28)(H,25,27)/b5-3+/t15-,21+/m1/s1. The molecule has 2 atom stereocenters. The summed E-state index contributed by atoms with van der Waals surface area (Å²) in [4.78, 5) is 23.5. The van der Waals surface area contributed by atoms with E-state index in [1.807, 2.05) is 13.0 Å². The van der Waals surface area contributed by atoms with Crippen LogP contribution in [0.1, 0.15) is 37.0 Å². The van der Waals surface area contributed by atoms with Crippen LogP contribution in [-0.4, -0.2) is 22.3 Å². The molecule has 0 unspecified atom stereocenters. The van der Waals surface area contributed by atoms with Crippen LogP contribution < -0.4 is 10.8 Å².